The fourth-order valence-electron chi connectivity index (χ4n) is 0.727. The van der Waals surface area contributed by atoms with Crippen LogP contribution in [0, 0.1) is 18.6 Å². The summed E-state index contributed by atoms with van der Waals surface area (Å²) in [7, 11) is 0. The Hall–Kier alpha value is -0.830. The maximum absolute atomic E-state index is 12.7. The van der Waals surface area contributed by atoms with Gasteiger partial charge in [-0.25, -0.2) is 8.78 Å². The van der Waals surface area contributed by atoms with Crippen molar-refractivity contribution in [3.05, 3.63) is 28.3 Å². The first kappa shape index (κ1) is 8.27. The summed E-state index contributed by atoms with van der Waals surface area (Å²) in [6.45, 7) is 1.56. The standard InChI is InChI=1S/C7H6ClF2N/c1-3-2-4(8)5(9)6(10)7(3)11/h2H,11H2,1H3. The Balaban J connectivity index is 3.46. The van der Waals surface area contributed by atoms with E-state index in [1.54, 1.807) is 6.92 Å². The first-order valence-corrected chi connectivity index (χ1v) is 3.31. The second-order valence-corrected chi connectivity index (χ2v) is 2.62. The van der Waals surface area contributed by atoms with Gasteiger partial charge in [0, 0.05) is 0 Å². The SMILES string of the molecule is Cc1cc(Cl)c(F)c(F)c1N. The number of halogens is 3. The van der Waals surface area contributed by atoms with E-state index in [4.69, 9.17) is 17.3 Å². The third kappa shape index (κ3) is 1.28. The maximum Gasteiger partial charge on any atom is 0.183 e. The van der Waals surface area contributed by atoms with Crippen molar-refractivity contribution < 1.29 is 8.78 Å². The number of anilines is 1. The second kappa shape index (κ2) is 2.66. The first-order chi connectivity index (χ1) is 5.04. The van der Waals surface area contributed by atoms with Crippen LogP contribution in [0.2, 0.25) is 5.02 Å². The highest BCUT2D eigenvalue weighted by atomic mass is 35.5. The third-order valence-corrected chi connectivity index (χ3v) is 1.68. The van der Waals surface area contributed by atoms with Crippen LogP contribution in [0.5, 0.6) is 0 Å². The summed E-state index contributed by atoms with van der Waals surface area (Å²) in [5.74, 6) is -2.16. The summed E-state index contributed by atoms with van der Waals surface area (Å²) in [6.07, 6.45) is 0. The minimum Gasteiger partial charge on any atom is -0.396 e. The fraction of sp³-hybridized carbons (Fsp3) is 0.143. The number of rotatable bonds is 0. The summed E-state index contributed by atoms with van der Waals surface area (Å²) in [5, 5.41) is -0.241. The van der Waals surface area contributed by atoms with Crippen LogP contribution < -0.4 is 5.73 Å². The van der Waals surface area contributed by atoms with Crippen molar-refractivity contribution in [1.29, 1.82) is 0 Å². The topological polar surface area (TPSA) is 26.0 Å². The molecule has 1 aromatic carbocycles. The Kier molecular flexibility index (Phi) is 2.00. The molecule has 0 unspecified atom stereocenters. The van der Waals surface area contributed by atoms with Crippen LogP contribution in [-0.4, -0.2) is 0 Å². The van der Waals surface area contributed by atoms with Gasteiger partial charge in [-0.1, -0.05) is 11.6 Å². The van der Waals surface area contributed by atoms with E-state index in [-0.39, 0.29) is 10.7 Å². The molecule has 0 aliphatic carbocycles. The molecule has 0 atom stereocenters. The molecule has 0 amide bonds. The smallest absolute Gasteiger partial charge is 0.183 e. The highest BCUT2D eigenvalue weighted by Crippen LogP contribution is 2.25. The molecule has 60 valence electrons. The molecule has 1 rings (SSSR count). The minimum atomic E-state index is -1.09. The van der Waals surface area contributed by atoms with Gasteiger partial charge in [0.25, 0.3) is 0 Å². The zero-order valence-corrected chi connectivity index (χ0v) is 6.54. The Bertz CT molecular complexity index is 273. The van der Waals surface area contributed by atoms with E-state index in [0.717, 1.165) is 0 Å². The molecule has 0 saturated carbocycles. The lowest BCUT2D eigenvalue weighted by atomic mass is 10.2. The largest absolute Gasteiger partial charge is 0.396 e. The lowest BCUT2D eigenvalue weighted by Gasteiger charge is -2.03. The zero-order valence-electron chi connectivity index (χ0n) is 5.79. The quantitative estimate of drug-likeness (QED) is 0.478. The molecule has 0 aliphatic heterocycles. The van der Waals surface area contributed by atoms with Crippen LogP contribution in [0.1, 0.15) is 5.56 Å². The summed E-state index contributed by atoms with van der Waals surface area (Å²) in [5.41, 5.74) is 5.43. The van der Waals surface area contributed by atoms with E-state index in [1.165, 1.54) is 6.07 Å². The summed E-state index contributed by atoms with van der Waals surface area (Å²) in [4.78, 5) is 0. The van der Waals surface area contributed by atoms with E-state index in [0.29, 0.717) is 5.56 Å². The van der Waals surface area contributed by atoms with Crippen molar-refractivity contribution in [2.45, 2.75) is 6.92 Å². The molecular weight excluding hydrogens is 172 g/mol. The van der Waals surface area contributed by atoms with Gasteiger partial charge >= 0.3 is 0 Å². The predicted molar refractivity (Wildman–Crippen MR) is 40.5 cm³/mol. The summed E-state index contributed by atoms with van der Waals surface area (Å²) in [6, 6.07) is 1.29. The van der Waals surface area contributed by atoms with E-state index in [9.17, 15) is 8.78 Å². The summed E-state index contributed by atoms with van der Waals surface area (Å²) < 4.78 is 25.3. The second-order valence-electron chi connectivity index (χ2n) is 2.22. The molecule has 0 aliphatic rings. The Morgan fingerprint density at radius 2 is 1.91 bits per heavy atom. The maximum atomic E-state index is 12.7. The molecule has 0 radical (unpaired) electrons. The van der Waals surface area contributed by atoms with Gasteiger partial charge < -0.3 is 5.73 Å². The molecule has 0 heterocycles. The molecule has 0 bridgehead atoms. The monoisotopic (exact) mass is 177 g/mol. The molecular formula is C7H6ClF2N. The highest BCUT2D eigenvalue weighted by molar-refractivity contribution is 6.30. The van der Waals surface area contributed by atoms with Crippen LogP contribution in [0.25, 0.3) is 0 Å². The van der Waals surface area contributed by atoms with Crippen molar-refractivity contribution in [2.75, 3.05) is 5.73 Å². The van der Waals surface area contributed by atoms with Crippen LogP contribution >= 0.6 is 11.6 Å². The van der Waals surface area contributed by atoms with Gasteiger partial charge in [-0.2, -0.15) is 0 Å². The van der Waals surface area contributed by atoms with Crippen LogP contribution in [0.3, 0.4) is 0 Å². The molecule has 0 aromatic heterocycles. The van der Waals surface area contributed by atoms with E-state index in [1.807, 2.05) is 0 Å². The fourth-order valence-corrected chi connectivity index (χ4v) is 0.974. The Morgan fingerprint density at radius 3 is 2.45 bits per heavy atom. The predicted octanol–water partition coefficient (Wildman–Crippen LogP) is 2.51. The zero-order chi connectivity index (χ0) is 8.59. The van der Waals surface area contributed by atoms with Gasteiger partial charge in [0.15, 0.2) is 11.6 Å². The van der Waals surface area contributed by atoms with E-state index < -0.39 is 11.6 Å². The molecule has 11 heavy (non-hydrogen) atoms. The first-order valence-electron chi connectivity index (χ1n) is 2.93. The molecule has 0 saturated heterocycles. The van der Waals surface area contributed by atoms with Crippen LogP contribution in [-0.2, 0) is 0 Å². The molecule has 0 fully saturated rings. The van der Waals surface area contributed by atoms with Crippen molar-refractivity contribution in [3.63, 3.8) is 0 Å². The van der Waals surface area contributed by atoms with Gasteiger partial charge in [-0.15, -0.1) is 0 Å². The van der Waals surface area contributed by atoms with Crippen molar-refractivity contribution >= 4 is 17.3 Å². The van der Waals surface area contributed by atoms with Crippen molar-refractivity contribution in [1.82, 2.24) is 0 Å². The number of nitrogens with two attached hydrogens (primary N) is 1. The van der Waals surface area contributed by atoms with Gasteiger partial charge in [0.05, 0.1) is 10.7 Å². The van der Waals surface area contributed by atoms with E-state index >= 15 is 0 Å². The summed E-state index contributed by atoms with van der Waals surface area (Å²) >= 11 is 5.32. The Labute approximate surface area is 67.8 Å². The minimum absolute atomic E-state index is 0.188. The molecule has 0 spiro atoms. The van der Waals surface area contributed by atoms with Crippen molar-refractivity contribution in [2.24, 2.45) is 0 Å². The van der Waals surface area contributed by atoms with Gasteiger partial charge in [0.2, 0.25) is 0 Å². The average Bonchev–Trinajstić information content (AvgIpc) is 1.97. The lowest BCUT2D eigenvalue weighted by Crippen LogP contribution is -1.98. The lowest BCUT2D eigenvalue weighted by molar-refractivity contribution is 0.511. The Morgan fingerprint density at radius 1 is 1.36 bits per heavy atom. The normalized spacial score (nSPS) is 10.2. The average molecular weight is 178 g/mol. The van der Waals surface area contributed by atoms with Crippen LogP contribution in [0.4, 0.5) is 14.5 Å². The van der Waals surface area contributed by atoms with E-state index in [2.05, 4.69) is 0 Å². The molecule has 2 N–H and O–H groups in total. The number of hydrogen-bond donors (Lipinski definition) is 1. The third-order valence-electron chi connectivity index (χ3n) is 1.41. The van der Waals surface area contributed by atoms with Crippen molar-refractivity contribution in [3.8, 4) is 0 Å². The molecule has 4 heteroatoms. The van der Waals surface area contributed by atoms with Crippen LogP contribution in [0.15, 0.2) is 6.07 Å². The van der Waals surface area contributed by atoms with Gasteiger partial charge in [-0.3, -0.25) is 0 Å². The number of nitrogen functional groups attached to an aromatic ring is 1. The number of aryl methyl sites for hydroxylation is 1. The highest BCUT2D eigenvalue weighted by Gasteiger charge is 2.12. The van der Waals surface area contributed by atoms with Gasteiger partial charge in [0.1, 0.15) is 0 Å². The number of hydrogen-bond acceptors (Lipinski definition) is 1. The molecule has 1 nitrogen and oxygen atoms in total. The number of benzene rings is 1. The van der Waals surface area contributed by atoms with Gasteiger partial charge in [-0.05, 0) is 18.6 Å². The molecule has 1 aromatic rings.